The molecule has 1 N–H and O–H groups in total. The highest BCUT2D eigenvalue weighted by Gasteiger charge is 2.46. The van der Waals surface area contributed by atoms with Crippen LogP contribution in [-0.4, -0.2) is 79.2 Å². The lowest BCUT2D eigenvalue weighted by molar-refractivity contribution is -0.0981. The zero-order valence-electron chi connectivity index (χ0n) is 20.5. The van der Waals surface area contributed by atoms with E-state index in [-0.39, 0.29) is 23.6 Å². The Hall–Kier alpha value is -4.03. The van der Waals surface area contributed by atoms with Gasteiger partial charge in [0.05, 0.1) is 22.9 Å². The van der Waals surface area contributed by atoms with Crippen LogP contribution in [-0.2, 0) is 5.60 Å². The smallest absolute Gasteiger partial charge is 0.387 e. The van der Waals surface area contributed by atoms with E-state index in [9.17, 15) is 18.7 Å². The van der Waals surface area contributed by atoms with E-state index in [0.29, 0.717) is 53.4 Å². The first-order chi connectivity index (χ1) is 18.2. The van der Waals surface area contributed by atoms with Crippen LogP contribution in [0.25, 0.3) is 16.8 Å². The number of amides is 1. The topological polar surface area (TPSA) is 109 Å². The Morgan fingerprint density at radius 3 is 2.61 bits per heavy atom. The molecule has 194 valence electrons. The Bertz CT molecular complexity index is 1600. The van der Waals surface area contributed by atoms with Gasteiger partial charge in [-0.2, -0.15) is 13.9 Å². The molecule has 0 saturated carbocycles. The number of likely N-dealkylation sites (tertiary alicyclic amines) is 1. The largest absolute Gasteiger partial charge is 0.434 e. The van der Waals surface area contributed by atoms with Crippen molar-refractivity contribution in [2.45, 2.75) is 30.6 Å². The summed E-state index contributed by atoms with van der Waals surface area (Å²) in [6, 6.07) is 6.23. The first-order valence-electron chi connectivity index (χ1n) is 12.2. The van der Waals surface area contributed by atoms with Gasteiger partial charge in [0.2, 0.25) is 0 Å². The summed E-state index contributed by atoms with van der Waals surface area (Å²) < 4.78 is 33.1. The normalized spacial score (nSPS) is 21.8. The van der Waals surface area contributed by atoms with Crippen molar-refractivity contribution in [1.82, 2.24) is 34.4 Å². The van der Waals surface area contributed by atoms with E-state index in [4.69, 9.17) is 9.84 Å². The van der Waals surface area contributed by atoms with Crippen molar-refractivity contribution in [1.29, 1.82) is 0 Å². The number of hydrogen-bond donors (Lipinski definition) is 1. The average molecular weight is 520 g/mol. The first kappa shape index (κ1) is 23.1. The summed E-state index contributed by atoms with van der Waals surface area (Å²) in [5.74, 6) is -0.267. The van der Waals surface area contributed by atoms with Crippen LogP contribution in [0.2, 0.25) is 0 Å². The molecule has 5 heterocycles. The van der Waals surface area contributed by atoms with Crippen LogP contribution in [0.15, 0.2) is 43.0 Å². The summed E-state index contributed by atoms with van der Waals surface area (Å²) in [4.78, 5) is 30.2. The molecule has 2 unspecified atom stereocenters. The monoisotopic (exact) mass is 519 g/mol. The van der Waals surface area contributed by atoms with Gasteiger partial charge in [-0.3, -0.25) is 9.69 Å². The molecular formula is C26H23F2N7O3. The minimum Gasteiger partial charge on any atom is -0.434 e. The molecule has 12 heteroatoms. The SMILES string of the molecule is CN1CC(O)(c2ncc(-c3cc4c5c(nn4cn3)C3CC5c4c(OC(F)F)cccc4C(=O)N3C)cn2)C1. The Morgan fingerprint density at radius 1 is 1.13 bits per heavy atom. The molecule has 2 bridgehead atoms. The zero-order chi connectivity index (χ0) is 26.3. The van der Waals surface area contributed by atoms with E-state index in [1.807, 2.05) is 18.0 Å². The minimum absolute atomic E-state index is 0.00468. The standard InChI is InChI=1S/C26H23F2N7O3/c1-33-10-26(37,11-33)24-29-8-13(9-30-24)16-7-17-21-15-6-18(22(21)32-35(17)12-31-16)34(2)23(36)14-4-3-5-19(20(14)15)38-25(27)28/h3-5,7-9,12,15,18,25,37H,6,10-11H2,1-2H3. The molecule has 1 amide bonds. The third-order valence-electron chi connectivity index (χ3n) is 7.79. The number of hydrogen-bond acceptors (Lipinski definition) is 8. The van der Waals surface area contributed by atoms with E-state index < -0.39 is 12.2 Å². The highest BCUT2D eigenvalue weighted by atomic mass is 19.3. The average Bonchev–Trinajstić information content (AvgIpc) is 3.40. The van der Waals surface area contributed by atoms with Gasteiger partial charge in [-0.1, -0.05) is 6.07 Å². The highest BCUT2D eigenvalue weighted by Crippen LogP contribution is 2.53. The summed E-state index contributed by atoms with van der Waals surface area (Å²) in [7, 11) is 3.62. The molecule has 10 nitrogen and oxygen atoms in total. The van der Waals surface area contributed by atoms with Gasteiger partial charge in [0, 0.05) is 60.7 Å². The van der Waals surface area contributed by atoms with E-state index in [2.05, 4.69) is 15.0 Å². The number of β-amino-alcohol motifs (C(OH)–C–C–N with tert-alkyl or cyclic N) is 1. The lowest BCUT2D eigenvalue weighted by atomic mass is 9.88. The maximum atomic E-state index is 13.3. The Balaban J connectivity index is 1.34. The fraction of sp³-hybridized carbons (Fsp3) is 0.346. The summed E-state index contributed by atoms with van der Waals surface area (Å²) in [6.45, 7) is -2.08. The number of aliphatic hydroxyl groups is 1. The van der Waals surface area contributed by atoms with E-state index in [1.165, 1.54) is 6.07 Å². The third kappa shape index (κ3) is 3.26. The fourth-order valence-corrected chi connectivity index (χ4v) is 6.12. The summed E-state index contributed by atoms with van der Waals surface area (Å²) in [6.07, 6.45) is 5.36. The summed E-state index contributed by atoms with van der Waals surface area (Å²) >= 11 is 0. The number of benzene rings is 1. The second-order valence-corrected chi connectivity index (χ2v) is 10.2. The number of ether oxygens (including phenoxy) is 1. The fourth-order valence-electron chi connectivity index (χ4n) is 6.12. The van der Waals surface area contributed by atoms with Gasteiger partial charge >= 0.3 is 6.61 Å². The van der Waals surface area contributed by atoms with Gasteiger partial charge < -0.3 is 14.7 Å². The molecule has 0 spiro atoms. The number of alkyl halides is 2. The minimum atomic E-state index is -3.02. The number of halogens is 2. The molecule has 2 atom stereocenters. The Labute approximate surface area is 215 Å². The summed E-state index contributed by atoms with van der Waals surface area (Å²) in [5.41, 5.74) is 3.33. The highest BCUT2D eigenvalue weighted by molar-refractivity contribution is 5.98. The van der Waals surface area contributed by atoms with Crippen LogP contribution in [0.4, 0.5) is 8.78 Å². The van der Waals surface area contributed by atoms with E-state index in [0.717, 1.165) is 11.1 Å². The van der Waals surface area contributed by atoms with Gasteiger partial charge in [-0.05, 0) is 31.7 Å². The maximum absolute atomic E-state index is 13.3. The number of nitrogens with zero attached hydrogens (tertiary/aromatic N) is 7. The van der Waals surface area contributed by atoms with Crippen LogP contribution < -0.4 is 4.74 Å². The Kier molecular flexibility index (Phi) is 4.86. The predicted molar refractivity (Wildman–Crippen MR) is 130 cm³/mol. The van der Waals surface area contributed by atoms with Crippen molar-refractivity contribution in [2.24, 2.45) is 0 Å². The molecule has 1 saturated heterocycles. The van der Waals surface area contributed by atoms with Crippen LogP contribution in [0.1, 0.15) is 51.4 Å². The van der Waals surface area contributed by atoms with Crippen LogP contribution >= 0.6 is 0 Å². The van der Waals surface area contributed by atoms with Crippen LogP contribution in [0, 0.1) is 0 Å². The molecule has 1 fully saturated rings. The van der Waals surface area contributed by atoms with Crippen molar-refractivity contribution >= 4 is 11.4 Å². The lowest BCUT2D eigenvalue weighted by Crippen LogP contribution is -2.58. The van der Waals surface area contributed by atoms with Gasteiger partial charge in [0.25, 0.3) is 5.91 Å². The number of fused-ring (bicyclic) bond motifs is 9. The second-order valence-electron chi connectivity index (χ2n) is 10.2. The van der Waals surface area contributed by atoms with Crippen molar-refractivity contribution < 1.29 is 23.4 Å². The molecule has 7 rings (SSSR count). The quantitative estimate of drug-likeness (QED) is 0.438. The number of likely N-dealkylation sites (N-methyl/N-ethyl adjacent to an activating group) is 1. The molecule has 3 aromatic heterocycles. The lowest BCUT2D eigenvalue weighted by Gasteiger charge is -2.42. The molecule has 1 aromatic carbocycles. The molecule has 2 aliphatic heterocycles. The number of carbonyl (C=O) groups is 1. The van der Waals surface area contributed by atoms with Crippen molar-refractivity contribution in [3.63, 3.8) is 0 Å². The van der Waals surface area contributed by atoms with Gasteiger partial charge in [-0.25, -0.2) is 19.5 Å². The molecule has 38 heavy (non-hydrogen) atoms. The third-order valence-corrected chi connectivity index (χ3v) is 7.79. The molecule has 3 aliphatic rings. The zero-order valence-corrected chi connectivity index (χ0v) is 20.5. The molecule has 4 aromatic rings. The van der Waals surface area contributed by atoms with Crippen molar-refractivity contribution in [3.05, 3.63) is 71.2 Å². The van der Waals surface area contributed by atoms with Gasteiger partial charge in [-0.15, -0.1) is 0 Å². The van der Waals surface area contributed by atoms with Crippen LogP contribution in [0.5, 0.6) is 5.75 Å². The van der Waals surface area contributed by atoms with Gasteiger partial charge in [0.1, 0.15) is 17.7 Å². The molecule has 1 aliphatic carbocycles. The van der Waals surface area contributed by atoms with Gasteiger partial charge in [0.15, 0.2) is 5.82 Å². The number of rotatable bonds is 4. The number of carbonyl (C=O) groups excluding carboxylic acids is 1. The molecule has 0 radical (unpaired) electrons. The predicted octanol–water partition coefficient (Wildman–Crippen LogP) is 2.58. The van der Waals surface area contributed by atoms with E-state index in [1.54, 1.807) is 47.3 Å². The van der Waals surface area contributed by atoms with Crippen LogP contribution in [0.3, 0.4) is 0 Å². The second kappa shape index (κ2) is 7.98. The molecular weight excluding hydrogens is 496 g/mol. The van der Waals surface area contributed by atoms with E-state index >= 15 is 0 Å². The summed E-state index contributed by atoms with van der Waals surface area (Å²) in [5, 5.41) is 15.4. The maximum Gasteiger partial charge on any atom is 0.387 e. The Morgan fingerprint density at radius 2 is 1.89 bits per heavy atom. The number of aromatic nitrogens is 5. The first-order valence-corrected chi connectivity index (χ1v) is 12.2. The van der Waals surface area contributed by atoms with Crippen molar-refractivity contribution in [2.75, 3.05) is 27.2 Å². The van der Waals surface area contributed by atoms with Crippen molar-refractivity contribution in [3.8, 4) is 17.0 Å².